The summed E-state index contributed by atoms with van der Waals surface area (Å²) in [7, 11) is 0. The van der Waals surface area contributed by atoms with Gasteiger partial charge in [-0.15, -0.1) is 0 Å². The van der Waals surface area contributed by atoms with Gasteiger partial charge in [0.1, 0.15) is 11.6 Å². The SMILES string of the molecule is Cc1cc(NN)nc(CN2CCNC(=O)C2(C)C)n1. The van der Waals surface area contributed by atoms with Crippen molar-refractivity contribution in [2.24, 2.45) is 5.84 Å². The number of rotatable bonds is 3. The summed E-state index contributed by atoms with van der Waals surface area (Å²) >= 11 is 0. The van der Waals surface area contributed by atoms with E-state index in [-0.39, 0.29) is 5.91 Å². The molecule has 1 aliphatic rings. The maximum atomic E-state index is 11.9. The lowest BCUT2D eigenvalue weighted by molar-refractivity contribution is -0.135. The average molecular weight is 264 g/mol. The summed E-state index contributed by atoms with van der Waals surface area (Å²) in [5.41, 5.74) is 2.82. The molecule has 1 aliphatic heterocycles. The second-order valence-electron chi connectivity index (χ2n) is 5.19. The lowest BCUT2D eigenvalue weighted by atomic mass is 9.99. The van der Waals surface area contributed by atoms with Crippen molar-refractivity contribution in [3.63, 3.8) is 0 Å². The van der Waals surface area contributed by atoms with Crippen LogP contribution < -0.4 is 16.6 Å². The third-order valence-corrected chi connectivity index (χ3v) is 3.39. The minimum absolute atomic E-state index is 0.0311. The highest BCUT2D eigenvalue weighted by atomic mass is 16.2. The number of aromatic nitrogens is 2. The van der Waals surface area contributed by atoms with Crippen molar-refractivity contribution in [2.75, 3.05) is 18.5 Å². The molecule has 0 aromatic carbocycles. The molecule has 0 atom stereocenters. The molecule has 0 unspecified atom stereocenters. The Morgan fingerprint density at radius 1 is 1.53 bits per heavy atom. The van der Waals surface area contributed by atoms with E-state index in [1.54, 1.807) is 6.07 Å². The van der Waals surface area contributed by atoms with E-state index in [0.717, 1.165) is 12.2 Å². The van der Waals surface area contributed by atoms with Crippen molar-refractivity contribution in [3.05, 3.63) is 17.6 Å². The van der Waals surface area contributed by atoms with Crippen LogP contribution in [-0.4, -0.2) is 39.4 Å². The molecule has 0 aliphatic carbocycles. The van der Waals surface area contributed by atoms with Gasteiger partial charge in [-0.3, -0.25) is 9.69 Å². The summed E-state index contributed by atoms with van der Waals surface area (Å²) in [4.78, 5) is 22.7. The number of nitrogens with one attached hydrogen (secondary N) is 2. The van der Waals surface area contributed by atoms with Crippen molar-refractivity contribution >= 4 is 11.7 Å². The van der Waals surface area contributed by atoms with E-state index in [1.807, 2.05) is 20.8 Å². The summed E-state index contributed by atoms with van der Waals surface area (Å²) in [6.07, 6.45) is 0. The smallest absolute Gasteiger partial charge is 0.240 e. The van der Waals surface area contributed by atoms with Crippen LogP contribution in [-0.2, 0) is 11.3 Å². The fourth-order valence-corrected chi connectivity index (χ4v) is 2.17. The number of nitrogen functional groups attached to an aromatic ring is 1. The molecule has 1 amide bonds. The minimum atomic E-state index is -0.554. The minimum Gasteiger partial charge on any atom is -0.353 e. The van der Waals surface area contributed by atoms with Crippen LogP contribution in [0.4, 0.5) is 5.82 Å². The van der Waals surface area contributed by atoms with Crippen LogP contribution >= 0.6 is 0 Å². The third-order valence-electron chi connectivity index (χ3n) is 3.39. The maximum Gasteiger partial charge on any atom is 0.240 e. The van der Waals surface area contributed by atoms with E-state index < -0.39 is 5.54 Å². The summed E-state index contributed by atoms with van der Waals surface area (Å²) in [5.74, 6) is 6.66. The Morgan fingerprint density at radius 3 is 2.95 bits per heavy atom. The number of hydrazine groups is 1. The predicted octanol–water partition coefficient (Wildman–Crippen LogP) is -0.219. The Morgan fingerprint density at radius 2 is 2.26 bits per heavy atom. The monoisotopic (exact) mass is 264 g/mol. The molecule has 1 aromatic rings. The maximum absolute atomic E-state index is 11.9. The van der Waals surface area contributed by atoms with E-state index in [1.165, 1.54) is 0 Å². The molecule has 0 saturated carbocycles. The Labute approximate surface area is 112 Å². The van der Waals surface area contributed by atoms with Gasteiger partial charge in [0.25, 0.3) is 0 Å². The molecule has 0 bridgehead atoms. The number of hydrogen-bond acceptors (Lipinski definition) is 6. The first kappa shape index (κ1) is 13.7. The molecule has 2 heterocycles. The van der Waals surface area contributed by atoms with Crippen LogP contribution in [0.2, 0.25) is 0 Å². The van der Waals surface area contributed by atoms with E-state index in [0.29, 0.717) is 24.7 Å². The second kappa shape index (κ2) is 5.10. The number of aryl methyl sites for hydroxylation is 1. The molecule has 1 fully saturated rings. The molecule has 19 heavy (non-hydrogen) atoms. The largest absolute Gasteiger partial charge is 0.353 e. The van der Waals surface area contributed by atoms with Crippen molar-refractivity contribution in [1.82, 2.24) is 20.2 Å². The van der Waals surface area contributed by atoms with Gasteiger partial charge in [-0.2, -0.15) is 0 Å². The van der Waals surface area contributed by atoms with E-state index >= 15 is 0 Å². The molecule has 0 spiro atoms. The van der Waals surface area contributed by atoms with Gasteiger partial charge in [-0.05, 0) is 20.8 Å². The fraction of sp³-hybridized carbons (Fsp3) is 0.583. The summed E-state index contributed by atoms with van der Waals surface area (Å²) < 4.78 is 0. The number of carbonyl (C=O) groups excluding carboxylic acids is 1. The van der Waals surface area contributed by atoms with Crippen LogP contribution in [0, 0.1) is 6.92 Å². The zero-order valence-corrected chi connectivity index (χ0v) is 11.5. The number of anilines is 1. The van der Waals surface area contributed by atoms with Gasteiger partial charge in [-0.25, -0.2) is 15.8 Å². The quantitative estimate of drug-likeness (QED) is 0.516. The number of piperazine rings is 1. The van der Waals surface area contributed by atoms with Crippen molar-refractivity contribution in [2.45, 2.75) is 32.9 Å². The molecular formula is C12H20N6O. The van der Waals surface area contributed by atoms with Crippen LogP contribution in [0.15, 0.2) is 6.07 Å². The van der Waals surface area contributed by atoms with Gasteiger partial charge in [0.2, 0.25) is 5.91 Å². The molecule has 7 heteroatoms. The molecule has 1 saturated heterocycles. The van der Waals surface area contributed by atoms with Gasteiger partial charge in [-0.1, -0.05) is 0 Å². The first-order valence-corrected chi connectivity index (χ1v) is 6.28. The number of nitrogens with zero attached hydrogens (tertiary/aromatic N) is 3. The number of amides is 1. The Hall–Kier alpha value is -1.73. The molecule has 0 radical (unpaired) electrons. The summed E-state index contributed by atoms with van der Waals surface area (Å²) in [5, 5.41) is 2.87. The third kappa shape index (κ3) is 2.82. The lowest BCUT2D eigenvalue weighted by Gasteiger charge is -2.40. The van der Waals surface area contributed by atoms with E-state index in [9.17, 15) is 4.79 Å². The highest BCUT2D eigenvalue weighted by Gasteiger charge is 2.37. The number of carbonyl (C=O) groups is 1. The van der Waals surface area contributed by atoms with Gasteiger partial charge in [0.15, 0.2) is 0 Å². The van der Waals surface area contributed by atoms with Crippen molar-refractivity contribution < 1.29 is 4.79 Å². The number of nitrogens with two attached hydrogens (primary N) is 1. The first-order valence-electron chi connectivity index (χ1n) is 6.28. The Kier molecular flexibility index (Phi) is 3.68. The first-order chi connectivity index (χ1) is 8.93. The van der Waals surface area contributed by atoms with Crippen LogP contribution in [0.3, 0.4) is 0 Å². The molecule has 2 rings (SSSR count). The highest BCUT2D eigenvalue weighted by molar-refractivity contribution is 5.86. The Bertz CT molecular complexity index is 487. The predicted molar refractivity (Wildman–Crippen MR) is 72.1 cm³/mol. The number of hydrogen-bond donors (Lipinski definition) is 3. The standard InChI is InChI=1S/C12H20N6O/c1-8-6-9(17-13)16-10(15-8)7-18-5-4-14-11(19)12(18,2)3/h6H,4-5,7,13H2,1-3H3,(H,14,19)(H,15,16,17). The van der Waals surface area contributed by atoms with Crippen molar-refractivity contribution in [3.8, 4) is 0 Å². The van der Waals surface area contributed by atoms with Crippen LogP contribution in [0.1, 0.15) is 25.4 Å². The normalized spacial score (nSPS) is 19.1. The highest BCUT2D eigenvalue weighted by Crippen LogP contribution is 2.20. The van der Waals surface area contributed by atoms with Crippen LogP contribution in [0.25, 0.3) is 0 Å². The summed E-state index contributed by atoms with van der Waals surface area (Å²) in [6.45, 7) is 7.65. The van der Waals surface area contributed by atoms with Gasteiger partial charge in [0.05, 0.1) is 12.1 Å². The van der Waals surface area contributed by atoms with Crippen molar-refractivity contribution in [1.29, 1.82) is 0 Å². The second-order valence-corrected chi connectivity index (χ2v) is 5.19. The fourth-order valence-electron chi connectivity index (χ4n) is 2.17. The van der Waals surface area contributed by atoms with E-state index in [4.69, 9.17) is 5.84 Å². The molecule has 7 nitrogen and oxygen atoms in total. The van der Waals surface area contributed by atoms with Gasteiger partial charge in [0, 0.05) is 24.8 Å². The molecule has 1 aromatic heterocycles. The average Bonchev–Trinajstić information content (AvgIpc) is 2.35. The van der Waals surface area contributed by atoms with E-state index in [2.05, 4.69) is 25.6 Å². The van der Waals surface area contributed by atoms with Crippen LogP contribution in [0.5, 0.6) is 0 Å². The zero-order valence-electron chi connectivity index (χ0n) is 11.5. The lowest BCUT2D eigenvalue weighted by Crippen LogP contribution is -2.61. The zero-order chi connectivity index (χ0) is 14.0. The van der Waals surface area contributed by atoms with Gasteiger partial charge >= 0.3 is 0 Å². The summed E-state index contributed by atoms with van der Waals surface area (Å²) in [6, 6.07) is 1.78. The Balaban J connectivity index is 2.20. The molecular weight excluding hydrogens is 244 g/mol. The van der Waals surface area contributed by atoms with Gasteiger partial charge < -0.3 is 10.7 Å². The topological polar surface area (TPSA) is 96.2 Å². The molecule has 4 N–H and O–H groups in total. The molecule has 104 valence electrons.